The smallest absolute Gasteiger partial charge is 0.0235 e. The second-order valence-electron chi connectivity index (χ2n) is 7.77. The molecule has 1 unspecified atom stereocenters. The average molecular weight is 293 g/mol. The zero-order valence-corrected chi connectivity index (χ0v) is 14.0. The molecule has 3 aliphatic rings. The van der Waals surface area contributed by atoms with Gasteiger partial charge in [0.1, 0.15) is 0 Å². The molecule has 21 heavy (non-hydrogen) atoms. The molecular formula is C18H35N3. The van der Waals surface area contributed by atoms with Crippen LogP contribution in [0.4, 0.5) is 0 Å². The first kappa shape index (κ1) is 15.8. The number of likely N-dealkylation sites (tertiary alicyclic amines) is 2. The van der Waals surface area contributed by atoms with Crippen molar-refractivity contribution < 1.29 is 0 Å². The highest BCUT2D eigenvalue weighted by atomic mass is 15.3. The summed E-state index contributed by atoms with van der Waals surface area (Å²) in [5, 5.41) is 0. The Labute approximate surface area is 131 Å². The maximum Gasteiger partial charge on any atom is 0.0235 e. The van der Waals surface area contributed by atoms with Crippen molar-refractivity contribution in [3.63, 3.8) is 0 Å². The number of nitrogens with zero attached hydrogens (tertiary/aromatic N) is 2. The Bertz CT molecular complexity index is 304. The van der Waals surface area contributed by atoms with E-state index in [0.717, 1.165) is 18.0 Å². The van der Waals surface area contributed by atoms with Crippen molar-refractivity contribution in [3.05, 3.63) is 0 Å². The van der Waals surface area contributed by atoms with Crippen molar-refractivity contribution >= 4 is 0 Å². The van der Waals surface area contributed by atoms with Crippen LogP contribution in [0.25, 0.3) is 0 Å². The predicted octanol–water partition coefficient (Wildman–Crippen LogP) is 2.84. The molecule has 2 aliphatic heterocycles. The van der Waals surface area contributed by atoms with Crippen LogP contribution in [0.2, 0.25) is 0 Å². The Hall–Kier alpha value is -0.120. The van der Waals surface area contributed by atoms with Crippen LogP contribution < -0.4 is 5.73 Å². The van der Waals surface area contributed by atoms with Gasteiger partial charge in [-0.2, -0.15) is 0 Å². The SMILES string of the molecule is CCCC1CCC(N2CCC(N3CCC(N)CC3)C2)CC1. The van der Waals surface area contributed by atoms with E-state index >= 15 is 0 Å². The number of hydrogen-bond acceptors (Lipinski definition) is 3. The molecule has 0 radical (unpaired) electrons. The van der Waals surface area contributed by atoms with Gasteiger partial charge in [0.05, 0.1) is 0 Å². The largest absolute Gasteiger partial charge is 0.328 e. The summed E-state index contributed by atoms with van der Waals surface area (Å²) >= 11 is 0. The van der Waals surface area contributed by atoms with Gasteiger partial charge in [-0.25, -0.2) is 0 Å². The molecule has 0 spiro atoms. The van der Waals surface area contributed by atoms with E-state index in [1.807, 2.05) is 0 Å². The molecule has 3 rings (SSSR count). The molecule has 0 aromatic rings. The lowest BCUT2D eigenvalue weighted by atomic mass is 9.83. The van der Waals surface area contributed by atoms with Crippen molar-refractivity contribution in [3.8, 4) is 0 Å². The summed E-state index contributed by atoms with van der Waals surface area (Å²) in [6.45, 7) is 7.49. The van der Waals surface area contributed by atoms with E-state index in [2.05, 4.69) is 16.7 Å². The number of hydrogen-bond donors (Lipinski definition) is 1. The van der Waals surface area contributed by atoms with Crippen molar-refractivity contribution in [2.24, 2.45) is 11.7 Å². The fraction of sp³-hybridized carbons (Fsp3) is 1.00. The first-order valence-corrected chi connectivity index (χ1v) is 9.50. The lowest BCUT2D eigenvalue weighted by Gasteiger charge is -2.37. The standard InChI is InChI=1S/C18H35N3/c1-2-3-15-4-6-17(7-5-15)21-13-10-18(14-21)20-11-8-16(19)9-12-20/h15-18H,2-14,19H2,1H3. The fourth-order valence-electron chi connectivity index (χ4n) is 4.89. The topological polar surface area (TPSA) is 32.5 Å². The van der Waals surface area contributed by atoms with Crippen molar-refractivity contribution in [2.75, 3.05) is 26.2 Å². The third-order valence-corrected chi connectivity index (χ3v) is 6.31. The van der Waals surface area contributed by atoms with Crippen LogP contribution in [0, 0.1) is 5.92 Å². The van der Waals surface area contributed by atoms with Crippen molar-refractivity contribution in [1.82, 2.24) is 9.80 Å². The van der Waals surface area contributed by atoms with Crippen LogP contribution >= 0.6 is 0 Å². The molecule has 3 nitrogen and oxygen atoms in total. The second kappa shape index (κ2) is 7.43. The summed E-state index contributed by atoms with van der Waals surface area (Å²) < 4.78 is 0. The Kier molecular flexibility index (Phi) is 5.58. The van der Waals surface area contributed by atoms with E-state index in [4.69, 9.17) is 5.73 Å². The van der Waals surface area contributed by atoms with E-state index in [1.165, 1.54) is 84.0 Å². The molecule has 1 saturated carbocycles. The second-order valence-corrected chi connectivity index (χ2v) is 7.77. The van der Waals surface area contributed by atoms with Gasteiger partial charge in [-0.1, -0.05) is 19.8 Å². The highest BCUT2D eigenvalue weighted by Crippen LogP contribution is 2.32. The molecule has 2 heterocycles. The molecule has 3 fully saturated rings. The van der Waals surface area contributed by atoms with Crippen LogP contribution in [0.1, 0.15) is 64.7 Å². The van der Waals surface area contributed by atoms with Crippen LogP contribution in [0.15, 0.2) is 0 Å². The molecule has 2 N–H and O–H groups in total. The molecule has 0 aromatic heterocycles. The van der Waals surface area contributed by atoms with Crippen LogP contribution in [0.3, 0.4) is 0 Å². The van der Waals surface area contributed by atoms with Gasteiger partial charge in [-0.3, -0.25) is 9.80 Å². The minimum absolute atomic E-state index is 0.465. The monoisotopic (exact) mass is 293 g/mol. The van der Waals surface area contributed by atoms with Gasteiger partial charge in [0, 0.05) is 31.2 Å². The number of rotatable bonds is 4. The summed E-state index contributed by atoms with van der Waals surface area (Å²) in [5.74, 6) is 1.04. The maximum absolute atomic E-state index is 6.04. The first-order valence-electron chi connectivity index (χ1n) is 9.50. The van der Waals surface area contributed by atoms with Gasteiger partial charge >= 0.3 is 0 Å². The summed E-state index contributed by atoms with van der Waals surface area (Å²) in [5.41, 5.74) is 6.04. The molecular weight excluding hydrogens is 258 g/mol. The summed E-state index contributed by atoms with van der Waals surface area (Å²) in [6.07, 6.45) is 12.5. The highest BCUT2D eigenvalue weighted by Gasteiger charge is 2.34. The van der Waals surface area contributed by atoms with E-state index in [1.54, 1.807) is 0 Å². The van der Waals surface area contributed by atoms with Crippen LogP contribution in [-0.2, 0) is 0 Å². The lowest BCUT2D eigenvalue weighted by Crippen LogP contribution is -2.47. The Morgan fingerprint density at radius 3 is 2.14 bits per heavy atom. The first-order chi connectivity index (χ1) is 10.3. The summed E-state index contributed by atoms with van der Waals surface area (Å²) in [4.78, 5) is 5.55. The zero-order valence-electron chi connectivity index (χ0n) is 14.0. The number of piperidine rings is 1. The summed E-state index contributed by atoms with van der Waals surface area (Å²) in [6, 6.07) is 2.19. The molecule has 0 amide bonds. The molecule has 0 aromatic carbocycles. The Morgan fingerprint density at radius 1 is 0.810 bits per heavy atom. The Balaban J connectivity index is 1.42. The average Bonchev–Trinajstić information content (AvgIpc) is 2.99. The van der Waals surface area contributed by atoms with E-state index in [0.29, 0.717) is 6.04 Å². The molecule has 2 saturated heterocycles. The van der Waals surface area contributed by atoms with Gasteiger partial charge in [-0.15, -0.1) is 0 Å². The zero-order chi connectivity index (χ0) is 14.7. The van der Waals surface area contributed by atoms with E-state index in [-0.39, 0.29) is 0 Å². The summed E-state index contributed by atoms with van der Waals surface area (Å²) in [7, 11) is 0. The maximum atomic E-state index is 6.04. The molecule has 122 valence electrons. The van der Waals surface area contributed by atoms with Crippen LogP contribution in [0.5, 0.6) is 0 Å². The van der Waals surface area contributed by atoms with Crippen LogP contribution in [-0.4, -0.2) is 54.1 Å². The molecule has 1 atom stereocenters. The third kappa shape index (κ3) is 4.00. The van der Waals surface area contributed by atoms with E-state index < -0.39 is 0 Å². The van der Waals surface area contributed by atoms with Gasteiger partial charge in [0.2, 0.25) is 0 Å². The van der Waals surface area contributed by atoms with Gasteiger partial charge in [-0.05, 0) is 64.0 Å². The van der Waals surface area contributed by atoms with Gasteiger partial charge in [0.25, 0.3) is 0 Å². The van der Waals surface area contributed by atoms with Crippen molar-refractivity contribution in [1.29, 1.82) is 0 Å². The van der Waals surface area contributed by atoms with Crippen molar-refractivity contribution in [2.45, 2.75) is 82.8 Å². The quantitative estimate of drug-likeness (QED) is 0.865. The molecule has 3 heteroatoms. The molecule has 0 bridgehead atoms. The third-order valence-electron chi connectivity index (χ3n) is 6.31. The number of nitrogens with two attached hydrogens (primary N) is 1. The Morgan fingerprint density at radius 2 is 1.48 bits per heavy atom. The minimum Gasteiger partial charge on any atom is -0.328 e. The minimum atomic E-state index is 0.465. The normalized spacial score (nSPS) is 37.1. The lowest BCUT2D eigenvalue weighted by molar-refractivity contribution is 0.125. The fourth-order valence-corrected chi connectivity index (χ4v) is 4.89. The highest BCUT2D eigenvalue weighted by molar-refractivity contribution is 4.90. The molecule has 1 aliphatic carbocycles. The van der Waals surface area contributed by atoms with Gasteiger partial charge in [0.15, 0.2) is 0 Å². The van der Waals surface area contributed by atoms with E-state index in [9.17, 15) is 0 Å². The van der Waals surface area contributed by atoms with Gasteiger partial charge < -0.3 is 5.73 Å². The predicted molar refractivity (Wildman–Crippen MR) is 89.4 cm³/mol.